The van der Waals surface area contributed by atoms with E-state index in [0.29, 0.717) is 16.8 Å². The van der Waals surface area contributed by atoms with Gasteiger partial charge in [0.05, 0.1) is 43.9 Å². The van der Waals surface area contributed by atoms with Crippen LogP contribution in [0.2, 0.25) is 0 Å². The van der Waals surface area contributed by atoms with Gasteiger partial charge in [0.2, 0.25) is 0 Å². The number of anilines is 1. The summed E-state index contributed by atoms with van der Waals surface area (Å²) < 4.78 is 147. The van der Waals surface area contributed by atoms with Crippen LogP contribution in [0.4, 0.5) is 39.8 Å². The fraction of sp³-hybridized carbons (Fsp3) is 0.0488. The van der Waals surface area contributed by atoms with E-state index in [1.165, 1.54) is 36.4 Å². The van der Waals surface area contributed by atoms with Crippen molar-refractivity contribution in [2.45, 2.75) is 19.6 Å². The van der Waals surface area contributed by atoms with Crippen molar-refractivity contribution in [2.24, 2.45) is 30.7 Å². The predicted octanol–water partition coefficient (Wildman–Crippen LogP) is 8.78. The van der Waals surface area contributed by atoms with E-state index in [9.17, 15) is 61.8 Å². The number of esters is 1. The standard InChI is InChI=1S/C41H31N7O16S4/c1-2-39(49)64-16-15-63-24-5-3-23(4-6-24)43-44-33-11-13-35(30-19-25(65(51,52)53)7-9-27(30)33)46-45-34-12-14-36(31-20-26(66(54,55)56)8-10-28(31)34)47-48-40-38(68(60,61)62)18-22-17-37(67(57,58)59)32(42)21-29(22)41(40)50/h2-14,17-21,50H,1,15-16,42H2,(H,51,52,53)(H,54,55,56)(H,57,58,59)(H,60,61,62)/b44-43+,46-45+,48-47+. The molecule has 7 aromatic carbocycles. The third kappa shape index (κ3) is 10.6. The second-order valence-corrected chi connectivity index (χ2v) is 19.6. The third-order valence-corrected chi connectivity index (χ3v) is 13.1. The SMILES string of the molecule is C=CC(=O)OCCOc1ccc(/N=N/c2ccc(/N=N/c3ccc(/N=N/c4c(S(=O)(=O)O)cc5cc(S(=O)(=O)O)c(N)cc5c4O)c4cc(S(=O)(=O)O)ccc34)c3cc(S(=O)(=O)O)ccc23)cc1. The quantitative estimate of drug-likeness (QED) is 0.0139. The molecule has 0 saturated carbocycles. The van der Waals surface area contributed by atoms with Gasteiger partial charge in [-0.05, 0) is 96.4 Å². The van der Waals surface area contributed by atoms with Crippen LogP contribution in [-0.2, 0) is 50.0 Å². The maximum absolute atomic E-state index is 12.5. The van der Waals surface area contributed by atoms with Crippen molar-refractivity contribution in [3.63, 3.8) is 0 Å². The minimum Gasteiger partial charge on any atom is -0.505 e. The fourth-order valence-corrected chi connectivity index (χ4v) is 8.77. The van der Waals surface area contributed by atoms with Crippen LogP contribution in [0, 0.1) is 0 Å². The molecular weight excluding hydrogens is 975 g/mol. The van der Waals surface area contributed by atoms with Crippen LogP contribution < -0.4 is 10.5 Å². The Kier molecular flexibility index (Phi) is 13.2. The van der Waals surface area contributed by atoms with Crippen LogP contribution in [-0.4, -0.2) is 76.2 Å². The van der Waals surface area contributed by atoms with E-state index in [-0.39, 0.29) is 62.9 Å². The van der Waals surface area contributed by atoms with Gasteiger partial charge in [-0.25, -0.2) is 4.79 Å². The van der Waals surface area contributed by atoms with Gasteiger partial charge in [0, 0.05) is 33.0 Å². The van der Waals surface area contributed by atoms with E-state index in [1.54, 1.807) is 24.3 Å². The van der Waals surface area contributed by atoms with Crippen molar-refractivity contribution < 1.29 is 71.3 Å². The highest BCUT2D eigenvalue weighted by atomic mass is 32.2. The van der Waals surface area contributed by atoms with Crippen LogP contribution in [0.1, 0.15) is 0 Å². The minimum absolute atomic E-state index is 0.000212. The number of nitrogen functional groups attached to an aromatic ring is 1. The smallest absolute Gasteiger partial charge is 0.330 e. The number of aromatic hydroxyl groups is 1. The molecule has 0 amide bonds. The Labute approximate surface area is 384 Å². The first-order valence-electron chi connectivity index (χ1n) is 18.8. The molecule has 0 bridgehead atoms. The fourth-order valence-electron chi connectivity index (χ4n) is 6.46. The first-order chi connectivity index (χ1) is 31.9. The lowest BCUT2D eigenvalue weighted by Crippen LogP contribution is -2.09. The maximum atomic E-state index is 12.5. The van der Waals surface area contributed by atoms with Gasteiger partial charge in [-0.1, -0.05) is 18.7 Å². The summed E-state index contributed by atoms with van der Waals surface area (Å²) in [5.41, 5.74) is 4.83. The summed E-state index contributed by atoms with van der Waals surface area (Å²) in [7, 11) is -19.8. The first-order valence-corrected chi connectivity index (χ1v) is 24.6. The molecule has 0 heterocycles. The molecule has 0 aliphatic carbocycles. The van der Waals surface area contributed by atoms with Gasteiger partial charge in [-0.2, -0.15) is 38.8 Å². The van der Waals surface area contributed by atoms with Gasteiger partial charge in [0.15, 0.2) is 5.75 Å². The number of azo groups is 3. The Morgan fingerprint density at radius 1 is 0.544 bits per heavy atom. The molecule has 0 atom stereocenters. The normalized spacial score (nSPS) is 12.8. The van der Waals surface area contributed by atoms with Crippen molar-refractivity contribution in [1.82, 2.24) is 0 Å². The molecule has 7 rings (SSSR count). The molecule has 0 radical (unpaired) electrons. The van der Waals surface area contributed by atoms with E-state index in [1.807, 2.05) is 0 Å². The Hall–Kier alpha value is -7.63. The zero-order valence-corrected chi connectivity index (χ0v) is 37.4. The number of nitrogens with two attached hydrogens (primary N) is 1. The predicted molar refractivity (Wildman–Crippen MR) is 243 cm³/mol. The van der Waals surface area contributed by atoms with E-state index < -0.39 is 83.1 Å². The minimum atomic E-state index is -5.24. The molecule has 350 valence electrons. The number of benzene rings is 7. The Morgan fingerprint density at radius 3 is 1.50 bits per heavy atom. The van der Waals surface area contributed by atoms with Crippen molar-refractivity contribution in [1.29, 1.82) is 0 Å². The number of hydrogen-bond acceptors (Lipinski definition) is 19. The second kappa shape index (κ2) is 18.6. The average Bonchev–Trinajstić information content (AvgIpc) is 3.27. The number of rotatable bonds is 15. The number of hydrogen-bond donors (Lipinski definition) is 6. The van der Waals surface area contributed by atoms with Gasteiger partial charge in [-0.3, -0.25) is 18.2 Å². The summed E-state index contributed by atoms with van der Waals surface area (Å²) in [6.07, 6.45) is 1.03. The molecule has 0 spiro atoms. The Balaban J connectivity index is 1.28. The van der Waals surface area contributed by atoms with Crippen molar-refractivity contribution >= 4 is 119 Å². The van der Waals surface area contributed by atoms with Gasteiger partial charge < -0.3 is 20.3 Å². The van der Waals surface area contributed by atoms with Gasteiger partial charge in [-0.15, -0.1) is 25.6 Å². The lowest BCUT2D eigenvalue weighted by Gasteiger charge is -2.11. The highest BCUT2D eigenvalue weighted by molar-refractivity contribution is 7.86. The number of phenols is 1. The molecule has 0 saturated heterocycles. The van der Waals surface area contributed by atoms with Crippen LogP contribution in [0.5, 0.6) is 11.5 Å². The number of carbonyl (C=O) groups is 1. The summed E-state index contributed by atoms with van der Waals surface area (Å²) in [5, 5.41) is 36.0. The number of ether oxygens (including phenoxy) is 2. The maximum Gasteiger partial charge on any atom is 0.330 e. The largest absolute Gasteiger partial charge is 0.505 e. The number of phenolic OH excluding ortho intramolecular Hbond substituents is 1. The van der Waals surface area contributed by atoms with E-state index >= 15 is 0 Å². The van der Waals surface area contributed by atoms with E-state index in [4.69, 9.17) is 15.2 Å². The number of carbonyl (C=O) groups excluding carboxylic acids is 1. The van der Waals surface area contributed by atoms with E-state index in [0.717, 1.165) is 48.5 Å². The molecule has 0 aromatic heterocycles. The summed E-state index contributed by atoms with van der Waals surface area (Å²) in [6, 6.07) is 21.1. The van der Waals surface area contributed by atoms with E-state index in [2.05, 4.69) is 37.3 Å². The Bertz CT molecular complexity index is 3810. The molecule has 27 heteroatoms. The highest BCUT2D eigenvalue weighted by Gasteiger charge is 2.25. The second-order valence-electron chi connectivity index (χ2n) is 14.0. The van der Waals surface area contributed by atoms with Crippen LogP contribution in [0.15, 0.2) is 166 Å². The Morgan fingerprint density at radius 2 is 1.01 bits per heavy atom. The lowest BCUT2D eigenvalue weighted by atomic mass is 10.1. The molecule has 0 unspecified atom stereocenters. The molecule has 68 heavy (non-hydrogen) atoms. The first kappa shape index (κ1) is 48.3. The van der Waals surface area contributed by atoms with Crippen LogP contribution in [0.25, 0.3) is 32.3 Å². The molecule has 7 aromatic rings. The molecule has 0 fully saturated rings. The summed E-state index contributed by atoms with van der Waals surface area (Å²) in [4.78, 5) is 8.18. The number of fused-ring (bicyclic) bond motifs is 3. The number of nitrogens with zero attached hydrogens (tertiary/aromatic N) is 6. The van der Waals surface area contributed by atoms with Gasteiger partial charge in [0.1, 0.15) is 34.4 Å². The van der Waals surface area contributed by atoms with Crippen molar-refractivity contribution in [2.75, 3.05) is 18.9 Å². The average molecular weight is 1010 g/mol. The topological polar surface area (TPSA) is 373 Å². The van der Waals surface area contributed by atoms with Crippen LogP contribution in [0.3, 0.4) is 0 Å². The summed E-state index contributed by atoms with van der Waals surface area (Å²) in [6.45, 7) is 3.39. The zero-order valence-electron chi connectivity index (χ0n) is 34.1. The molecule has 0 aliphatic heterocycles. The van der Waals surface area contributed by atoms with Crippen molar-refractivity contribution in [3.05, 3.63) is 116 Å². The molecule has 7 N–H and O–H groups in total. The molecular formula is C41H31N7O16S4. The van der Waals surface area contributed by atoms with Crippen LogP contribution >= 0.6 is 0 Å². The van der Waals surface area contributed by atoms with Crippen molar-refractivity contribution in [3.8, 4) is 11.5 Å². The molecule has 23 nitrogen and oxygen atoms in total. The monoisotopic (exact) mass is 1010 g/mol. The molecule has 0 aliphatic rings. The summed E-state index contributed by atoms with van der Waals surface area (Å²) in [5.74, 6) is -1.10. The van der Waals surface area contributed by atoms with Gasteiger partial charge >= 0.3 is 5.97 Å². The highest BCUT2D eigenvalue weighted by Crippen LogP contribution is 2.45. The summed E-state index contributed by atoms with van der Waals surface area (Å²) >= 11 is 0. The third-order valence-electron chi connectivity index (χ3n) is 9.61. The lowest BCUT2D eigenvalue weighted by molar-refractivity contribution is -0.138. The van der Waals surface area contributed by atoms with Gasteiger partial charge in [0.25, 0.3) is 40.5 Å². The zero-order chi connectivity index (χ0) is 49.3.